The van der Waals surface area contributed by atoms with Crippen LogP contribution >= 0.6 is 15.9 Å². The van der Waals surface area contributed by atoms with Gasteiger partial charge in [-0.1, -0.05) is 133 Å². The van der Waals surface area contributed by atoms with E-state index in [4.69, 9.17) is 38.1 Å². The molecule has 0 N–H and O–H groups in total. The van der Waals surface area contributed by atoms with E-state index in [0.717, 1.165) is 65.6 Å². The summed E-state index contributed by atoms with van der Waals surface area (Å²) < 4.78 is 41.4. The molecule has 71 heavy (non-hydrogen) atoms. The van der Waals surface area contributed by atoms with E-state index in [1.54, 1.807) is 0 Å². The standard InChI is InChI=1S/C25H25BN2O2.C19H13BrN2.C12H24B2O4.CH4/c1-24(2)25(3,4)30-26(29-24)19-12-10-11-18(17-19)23-21-15-8-9-16-22(21)28(27-23)20-13-6-5-7-14-20;20-15-8-6-7-14(13-15)19-17-11-4-5-12-18(17)22(21-19)16-9-2-1-3-10-16;1-9(2)10(3,4)16-13(15-9)14-17-11(5,6)12(7,8)18-14;/h5-17H,1-4H3;1-13H;1-8H3;1H4. The highest BCUT2D eigenvalue weighted by Gasteiger charge is 2.63. The summed E-state index contributed by atoms with van der Waals surface area (Å²) in [4.78, 5) is 0. The molecule has 6 aromatic carbocycles. The Bertz CT molecular complexity index is 3060. The van der Waals surface area contributed by atoms with E-state index in [1.165, 1.54) is 0 Å². The van der Waals surface area contributed by atoms with Gasteiger partial charge in [0.15, 0.2) is 0 Å². The first-order valence-electron chi connectivity index (χ1n) is 24.1. The second-order valence-electron chi connectivity index (χ2n) is 21.2. The predicted octanol–water partition coefficient (Wildman–Crippen LogP) is 13.3. The summed E-state index contributed by atoms with van der Waals surface area (Å²) >= 11 is 3.54. The topological polar surface area (TPSA) is 91.0 Å². The van der Waals surface area contributed by atoms with Crippen molar-refractivity contribution >= 4 is 64.3 Å². The molecular formula is C57H66B3BrN4O6. The molecule has 3 saturated heterocycles. The van der Waals surface area contributed by atoms with Crippen molar-refractivity contribution in [3.05, 3.63) is 162 Å². The normalized spacial score (nSPS) is 18.9. The predicted molar refractivity (Wildman–Crippen MR) is 295 cm³/mol. The van der Waals surface area contributed by atoms with E-state index in [2.05, 4.69) is 135 Å². The fraction of sp³-hybridized carbons (Fsp3) is 0.333. The van der Waals surface area contributed by atoms with Crippen LogP contribution in [0.2, 0.25) is 0 Å². The van der Waals surface area contributed by atoms with E-state index < -0.39 is 21.1 Å². The maximum absolute atomic E-state index is 6.26. The molecule has 0 saturated carbocycles. The Morgan fingerprint density at radius 2 is 0.746 bits per heavy atom. The molecule has 0 spiro atoms. The van der Waals surface area contributed by atoms with Crippen molar-refractivity contribution in [2.24, 2.45) is 0 Å². The minimum absolute atomic E-state index is 0. The Balaban J connectivity index is 0.000000147. The Kier molecular flexibility index (Phi) is 14.4. The SMILES string of the molecule is Brc1cccc(-c2nn(-c3ccccc3)c3ccccc23)c1.C.CC1(C)OB(B2OC(C)(C)C(C)(C)O2)OC1(C)C.CC1(C)OB(c2cccc(-c3nn(-c4ccccc4)c4ccccc34)c2)OC1(C)C. The molecule has 10 nitrogen and oxygen atoms in total. The molecule has 5 heterocycles. The van der Waals surface area contributed by atoms with Crippen molar-refractivity contribution in [2.75, 3.05) is 0 Å². The van der Waals surface area contributed by atoms with Crippen molar-refractivity contribution < 1.29 is 27.9 Å². The Hall–Kier alpha value is -5.31. The third-order valence-electron chi connectivity index (χ3n) is 14.7. The van der Waals surface area contributed by atoms with Crippen LogP contribution in [-0.4, -0.2) is 74.3 Å². The largest absolute Gasteiger partial charge is 0.494 e. The number of nitrogens with zero attached hydrogens (tertiary/aromatic N) is 4. The number of hydrogen-bond donors (Lipinski definition) is 0. The fourth-order valence-electron chi connectivity index (χ4n) is 8.54. The lowest BCUT2D eigenvalue weighted by molar-refractivity contribution is 0.00578. The maximum atomic E-state index is 6.26. The van der Waals surface area contributed by atoms with Gasteiger partial charge in [0.1, 0.15) is 11.4 Å². The van der Waals surface area contributed by atoms with Gasteiger partial charge in [0.05, 0.1) is 56.0 Å². The molecule has 14 heteroatoms. The minimum atomic E-state index is -0.476. The van der Waals surface area contributed by atoms with Gasteiger partial charge < -0.3 is 27.9 Å². The molecule has 3 fully saturated rings. The number of rotatable bonds is 6. The minimum Gasteiger partial charge on any atom is -0.405 e. The smallest absolute Gasteiger partial charge is 0.405 e. The second-order valence-corrected chi connectivity index (χ2v) is 22.1. The summed E-state index contributed by atoms with van der Waals surface area (Å²) in [5.41, 5.74) is 7.26. The lowest BCUT2D eigenvalue weighted by Gasteiger charge is -2.32. The van der Waals surface area contributed by atoms with E-state index >= 15 is 0 Å². The monoisotopic (exact) mass is 1010 g/mol. The fourth-order valence-corrected chi connectivity index (χ4v) is 8.94. The van der Waals surface area contributed by atoms with Gasteiger partial charge in [0.25, 0.3) is 0 Å². The van der Waals surface area contributed by atoms with Gasteiger partial charge in [-0.25, -0.2) is 9.36 Å². The molecule has 366 valence electrons. The molecule has 11 rings (SSSR count). The Morgan fingerprint density at radius 1 is 0.394 bits per heavy atom. The van der Waals surface area contributed by atoms with Gasteiger partial charge in [0, 0.05) is 26.4 Å². The molecule has 0 unspecified atom stereocenters. The zero-order valence-corrected chi connectivity index (χ0v) is 43.9. The first-order valence-corrected chi connectivity index (χ1v) is 24.9. The molecular weight excluding hydrogens is 949 g/mol. The van der Waals surface area contributed by atoms with Crippen LogP contribution in [0, 0.1) is 0 Å². The average molecular weight is 1020 g/mol. The first kappa shape index (κ1) is 52.0. The highest BCUT2D eigenvalue weighted by Crippen LogP contribution is 2.43. The summed E-state index contributed by atoms with van der Waals surface area (Å²) in [6.07, 6.45) is 0. The number of halogens is 1. The van der Waals surface area contributed by atoms with Gasteiger partial charge in [-0.05, 0) is 137 Å². The third-order valence-corrected chi connectivity index (χ3v) is 15.2. The van der Waals surface area contributed by atoms with Gasteiger partial charge >= 0.3 is 21.1 Å². The molecule has 0 aliphatic carbocycles. The maximum Gasteiger partial charge on any atom is 0.494 e. The lowest BCUT2D eigenvalue weighted by Crippen LogP contribution is -2.41. The summed E-state index contributed by atoms with van der Waals surface area (Å²) in [5, 5.41) is 12.1. The summed E-state index contributed by atoms with van der Waals surface area (Å²) in [5.74, 6) is 0. The van der Waals surface area contributed by atoms with Crippen LogP contribution in [0.4, 0.5) is 0 Å². The van der Waals surface area contributed by atoms with Crippen molar-refractivity contribution in [2.45, 2.75) is 124 Å². The number of benzene rings is 6. The summed E-state index contributed by atoms with van der Waals surface area (Å²) in [6, 6.07) is 53.7. The molecule has 0 radical (unpaired) electrons. The van der Waals surface area contributed by atoms with Gasteiger partial charge in [-0.15, -0.1) is 0 Å². The molecule has 0 bridgehead atoms. The molecule has 2 aromatic heterocycles. The lowest BCUT2D eigenvalue weighted by atomic mass is 9.49. The first-order chi connectivity index (χ1) is 33.1. The molecule has 8 aromatic rings. The van der Waals surface area contributed by atoms with Crippen LogP contribution < -0.4 is 5.46 Å². The molecule has 0 atom stereocenters. The average Bonchev–Trinajstić information content (AvgIpc) is 4.07. The van der Waals surface area contributed by atoms with Crippen LogP contribution in [0.1, 0.15) is 90.5 Å². The molecule has 3 aliphatic heterocycles. The Morgan fingerprint density at radius 3 is 1.15 bits per heavy atom. The van der Waals surface area contributed by atoms with E-state index in [-0.39, 0.29) is 41.0 Å². The van der Waals surface area contributed by atoms with Crippen molar-refractivity contribution in [1.82, 2.24) is 19.6 Å². The third kappa shape index (κ3) is 10.2. The van der Waals surface area contributed by atoms with Crippen molar-refractivity contribution in [3.63, 3.8) is 0 Å². The summed E-state index contributed by atoms with van der Waals surface area (Å²) in [6.45, 7) is 24.5. The van der Waals surface area contributed by atoms with Crippen LogP contribution in [0.3, 0.4) is 0 Å². The molecule has 0 amide bonds. The zero-order valence-electron chi connectivity index (χ0n) is 42.4. The van der Waals surface area contributed by atoms with Crippen LogP contribution in [0.15, 0.2) is 162 Å². The van der Waals surface area contributed by atoms with Gasteiger partial charge in [0.2, 0.25) is 0 Å². The van der Waals surface area contributed by atoms with E-state index in [1.807, 2.05) is 131 Å². The highest BCUT2D eigenvalue weighted by molar-refractivity contribution is 9.10. The molecule has 3 aliphatic rings. The number of aromatic nitrogens is 4. The quantitative estimate of drug-likeness (QED) is 0.152. The van der Waals surface area contributed by atoms with Crippen LogP contribution in [0.5, 0.6) is 0 Å². The zero-order chi connectivity index (χ0) is 49.9. The Labute approximate surface area is 429 Å². The summed E-state index contributed by atoms with van der Waals surface area (Å²) in [7, 11) is -1.34. The van der Waals surface area contributed by atoms with Crippen LogP contribution in [-0.2, 0) is 27.9 Å². The second kappa shape index (κ2) is 19.6. The number of fused-ring (bicyclic) bond motifs is 2. The van der Waals surface area contributed by atoms with Gasteiger partial charge in [-0.3, -0.25) is 0 Å². The van der Waals surface area contributed by atoms with Gasteiger partial charge in [-0.2, -0.15) is 10.2 Å². The van der Waals surface area contributed by atoms with E-state index in [9.17, 15) is 0 Å². The number of para-hydroxylation sites is 4. The van der Waals surface area contributed by atoms with E-state index in [0.29, 0.717) is 0 Å². The number of hydrogen-bond acceptors (Lipinski definition) is 8. The van der Waals surface area contributed by atoms with Crippen molar-refractivity contribution in [3.8, 4) is 33.9 Å². The van der Waals surface area contributed by atoms with Crippen molar-refractivity contribution in [1.29, 1.82) is 0 Å². The highest BCUT2D eigenvalue weighted by atomic mass is 79.9. The van der Waals surface area contributed by atoms with Crippen LogP contribution in [0.25, 0.3) is 55.7 Å².